The highest BCUT2D eigenvalue weighted by Gasteiger charge is 2.07. The summed E-state index contributed by atoms with van der Waals surface area (Å²) in [6, 6.07) is 8.75. The smallest absolute Gasteiger partial charge is 0.268 e. The van der Waals surface area contributed by atoms with Gasteiger partial charge < -0.3 is 10.1 Å². The summed E-state index contributed by atoms with van der Waals surface area (Å²) in [5, 5.41) is 9.22. The number of hydrogen-bond acceptors (Lipinski definition) is 4. The number of aromatic nitrogens is 2. The summed E-state index contributed by atoms with van der Waals surface area (Å²) in [6.45, 7) is 0. The standard InChI is InChI=1S/C12H8N2O2S/c15-8-3-1-7(2-4-8)10-5-9-11(17-10)12(16)14-6-13-9/h1-6,15H,(H,13,14,16). The predicted octanol–water partition coefficient (Wildman–Crippen LogP) is 2.36. The van der Waals surface area contributed by atoms with Crippen molar-refractivity contribution in [2.24, 2.45) is 0 Å². The SMILES string of the molecule is O=c1[nH]cnc2cc(-c3ccc(O)cc3)sc12. The summed E-state index contributed by atoms with van der Waals surface area (Å²) in [7, 11) is 0. The van der Waals surface area contributed by atoms with Crippen LogP contribution in [0, 0.1) is 0 Å². The molecule has 3 aromatic rings. The second kappa shape index (κ2) is 3.71. The number of thiophene rings is 1. The number of rotatable bonds is 1. The Balaban J connectivity index is 2.21. The van der Waals surface area contributed by atoms with Gasteiger partial charge in [-0.2, -0.15) is 0 Å². The Kier molecular flexibility index (Phi) is 2.19. The number of phenolic OH excluding ortho intramolecular Hbond substituents is 1. The molecule has 0 aliphatic carbocycles. The summed E-state index contributed by atoms with van der Waals surface area (Å²) in [5.74, 6) is 0.228. The zero-order valence-corrected chi connectivity index (χ0v) is 9.49. The number of hydrogen-bond donors (Lipinski definition) is 2. The van der Waals surface area contributed by atoms with Crippen molar-refractivity contribution in [1.29, 1.82) is 0 Å². The lowest BCUT2D eigenvalue weighted by atomic mass is 10.2. The van der Waals surface area contributed by atoms with Crippen molar-refractivity contribution in [3.63, 3.8) is 0 Å². The third kappa shape index (κ3) is 1.70. The fraction of sp³-hybridized carbons (Fsp3) is 0. The monoisotopic (exact) mass is 244 g/mol. The second-order valence-electron chi connectivity index (χ2n) is 3.60. The average Bonchev–Trinajstić information content (AvgIpc) is 2.75. The number of aromatic amines is 1. The van der Waals surface area contributed by atoms with Crippen molar-refractivity contribution < 1.29 is 5.11 Å². The van der Waals surface area contributed by atoms with Crippen molar-refractivity contribution in [1.82, 2.24) is 9.97 Å². The molecular weight excluding hydrogens is 236 g/mol. The molecule has 0 aliphatic heterocycles. The third-order valence-electron chi connectivity index (χ3n) is 2.47. The van der Waals surface area contributed by atoms with Gasteiger partial charge in [0.1, 0.15) is 10.4 Å². The first-order valence-electron chi connectivity index (χ1n) is 5.01. The van der Waals surface area contributed by atoms with Crippen LogP contribution in [0.3, 0.4) is 0 Å². The maximum Gasteiger partial charge on any atom is 0.268 e. The second-order valence-corrected chi connectivity index (χ2v) is 4.66. The minimum atomic E-state index is -0.120. The van der Waals surface area contributed by atoms with Crippen LogP contribution < -0.4 is 5.56 Å². The van der Waals surface area contributed by atoms with Crippen molar-refractivity contribution in [3.8, 4) is 16.2 Å². The van der Waals surface area contributed by atoms with Gasteiger partial charge in [0.15, 0.2) is 0 Å². The van der Waals surface area contributed by atoms with E-state index < -0.39 is 0 Å². The molecule has 2 heterocycles. The van der Waals surface area contributed by atoms with E-state index in [1.54, 1.807) is 12.1 Å². The van der Waals surface area contributed by atoms with Crippen LogP contribution >= 0.6 is 11.3 Å². The minimum Gasteiger partial charge on any atom is -0.508 e. The molecule has 84 valence electrons. The van der Waals surface area contributed by atoms with Gasteiger partial charge in [-0.15, -0.1) is 11.3 Å². The van der Waals surface area contributed by atoms with Crippen LogP contribution in [0.15, 0.2) is 41.5 Å². The molecule has 0 amide bonds. The number of phenols is 1. The van der Waals surface area contributed by atoms with E-state index in [1.165, 1.54) is 17.7 Å². The molecule has 5 heteroatoms. The van der Waals surface area contributed by atoms with Crippen LogP contribution in [-0.4, -0.2) is 15.1 Å². The number of aromatic hydroxyl groups is 1. The average molecular weight is 244 g/mol. The molecule has 0 fully saturated rings. The summed E-state index contributed by atoms with van der Waals surface area (Å²) < 4.78 is 0.621. The number of nitrogens with one attached hydrogen (secondary N) is 1. The molecule has 17 heavy (non-hydrogen) atoms. The third-order valence-corrected chi connectivity index (χ3v) is 3.64. The molecule has 2 aromatic heterocycles. The van der Waals surface area contributed by atoms with Crippen LogP contribution in [0.5, 0.6) is 5.75 Å². The van der Waals surface area contributed by atoms with Crippen molar-refractivity contribution >= 4 is 21.6 Å². The minimum absolute atomic E-state index is 0.120. The molecule has 4 nitrogen and oxygen atoms in total. The molecule has 0 radical (unpaired) electrons. The Bertz CT molecular complexity index is 728. The number of benzene rings is 1. The van der Waals surface area contributed by atoms with Gasteiger partial charge in [-0.25, -0.2) is 4.98 Å². The van der Waals surface area contributed by atoms with Gasteiger partial charge in [-0.3, -0.25) is 4.79 Å². The first kappa shape index (κ1) is 10.0. The van der Waals surface area contributed by atoms with Crippen LogP contribution in [0.4, 0.5) is 0 Å². The van der Waals surface area contributed by atoms with Gasteiger partial charge >= 0.3 is 0 Å². The zero-order valence-electron chi connectivity index (χ0n) is 8.68. The quantitative estimate of drug-likeness (QED) is 0.690. The first-order valence-corrected chi connectivity index (χ1v) is 5.82. The summed E-state index contributed by atoms with van der Waals surface area (Å²) in [5.41, 5.74) is 1.54. The molecular formula is C12H8N2O2S. The number of H-pyrrole nitrogens is 1. The van der Waals surface area contributed by atoms with Crippen molar-refractivity contribution in [2.45, 2.75) is 0 Å². The van der Waals surface area contributed by atoms with Gasteiger partial charge in [0.05, 0.1) is 11.8 Å². The molecule has 0 spiro atoms. The van der Waals surface area contributed by atoms with Gasteiger partial charge in [-0.1, -0.05) is 0 Å². The normalized spacial score (nSPS) is 10.8. The lowest BCUT2D eigenvalue weighted by Gasteiger charge is -1.96. The Morgan fingerprint density at radius 2 is 2.00 bits per heavy atom. The molecule has 3 rings (SSSR count). The lowest BCUT2D eigenvalue weighted by molar-refractivity contribution is 0.475. The first-order chi connectivity index (χ1) is 8.24. The fourth-order valence-electron chi connectivity index (χ4n) is 1.63. The maximum atomic E-state index is 11.6. The molecule has 1 aromatic carbocycles. The van der Waals surface area contributed by atoms with E-state index in [-0.39, 0.29) is 11.3 Å². The summed E-state index contributed by atoms with van der Waals surface area (Å²) in [4.78, 5) is 19.2. The largest absolute Gasteiger partial charge is 0.508 e. The van der Waals surface area contributed by atoms with Crippen LogP contribution in [0.2, 0.25) is 0 Å². The van der Waals surface area contributed by atoms with Crippen LogP contribution in [-0.2, 0) is 0 Å². The highest BCUT2D eigenvalue weighted by molar-refractivity contribution is 7.22. The zero-order chi connectivity index (χ0) is 11.8. The molecule has 0 aliphatic rings. The number of nitrogens with zero attached hydrogens (tertiary/aromatic N) is 1. The molecule has 0 unspecified atom stereocenters. The Hall–Kier alpha value is -2.14. The van der Waals surface area contributed by atoms with E-state index >= 15 is 0 Å². The van der Waals surface area contributed by atoms with E-state index in [9.17, 15) is 9.90 Å². The lowest BCUT2D eigenvalue weighted by Crippen LogP contribution is -2.02. The maximum absolute atomic E-state index is 11.6. The van der Waals surface area contributed by atoms with Crippen LogP contribution in [0.25, 0.3) is 20.7 Å². The Morgan fingerprint density at radius 1 is 1.24 bits per heavy atom. The van der Waals surface area contributed by atoms with E-state index in [0.717, 1.165) is 10.4 Å². The van der Waals surface area contributed by atoms with Gasteiger partial charge in [0, 0.05) is 4.88 Å². The fourth-order valence-corrected chi connectivity index (χ4v) is 2.65. The molecule has 2 N–H and O–H groups in total. The molecule has 0 bridgehead atoms. The highest BCUT2D eigenvalue weighted by Crippen LogP contribution is 2.31. The Labute approximate surface area is 100 Å². The van der Waals surface area contributed by atoms with E-state index in [4.69, 9.17) is 0 Å². The Morgan fingerprint density at radius 3 is 2.71 bits per heavy atom. The summed E-state index contributed by atoms with van der Waals surface area (Å²) in [6.07, 6.45) is 1.40. The van der Waals surface area contributed by atoms with Gasteiger partial charge in [-0.05, 0) is 35.9 Å². The van der Waals surface area contributed by atoms with Crippen molar-refractivity contribution in [2.75, 3.05) is 0 Å². The molecule has 0 saturated carbocycles. The van der Waals surface area contributed by atoms with E-state index in [1.807, 2.05) is 18.2 Å². The van der Waals surface area contributed by atoms with Gasteiger partial charge in [0.2, 0.25) is 0 Å². The van der Waals surface area contributed by atoms with Gasteiger partial charge in [0.25, 0.3) is 5.56 Å². The van der Waals surface area contributed by atoms with E-state index in [2.05, 4.69) is 9.97 Å². The molecule has 0 atom stereocenters. The summed E-state index contributed by atoms with van der Waals surface area (Å²) >= 11 is 1.39. The highest BCUT2D eigenvalue weighted by atomic mass is 32.1. The molecule has 0 saturated heterocycles. The van der Waals surface area contributed by atoms with Crippen LogP contribution in [0.1, 0.15) is 0 Å². The predicted molar refractivity (Wildman–Crippen MR) is 67.3 cm³/mol. The van der Waals surface area contributed by atoms with E-state index in [0.29, 0.717) is 10.2 Å². The number of fused-ring (bicyclic) bond motifs is 1. The topological polar surface area (TPSA) is 66.0 Å². The van der Waals surface area contributed by atoms with Crippen molar-refractivity contribution in [3.05, 3.63) is 47.0 Å².